The second kappa shape index (κ2) is 15.8. The van der Waals surface area contributed by atoms with Gasteiger partial charge in [-0.1, -0.05) is 72.8 Å². The normalized spacial score (nSPS) is 9.22. The molecule has 2 rings (SSSR count). The molecule has 0 saturated carbocycles. The summed E-state index contributed by atoms with van der Waals surface area (Å²) < 4.78 is 38.1. The highest BCUT2D eigenvalue weighted by Gasteiger charge is 1.83. The standard InChI is InChI=1S/2C6H6.C2H6O2S.CH3ClO2S.ClH/c2*1-2-4-6-5-3-1;2*1-5(2,3)4;/h2*1-6H;1-2H3;1H3;1H. The van der Waals surface area contributed by atoms with Crippen molar-refractivity contribution in [3.63, 3.8) is 0 Å². The second-order valence-electron chi connectivity index (χ2n) is 4.13. The van der Waals surface area contributed by atoms with E-state index in [4.69, 9.17) is 0 Å². The van der Waals surface area contributed by atoms with E-state index in [0.29, 0.717) is 0 Å². The van der Waals surface area contributed by atoms with Crippen molar-refractivity contribution in [2.24, 2.45) is 0 Å². The van der Waals surface area contributed by atoms with Gasteiger partial charge < -0.3 is 0 Å². The summed E-state index contributed by atoms with van der Waals surface area (Å²) in [5.74, 6) is 0. The van der Waals surface area contributed by atoms with E-state index in [1.165, 1.54) is 0 Å². The zero-order valence-corrected chi connectivity index (χ0v) is 16.4. The summed E-state index contributed by atoms with van der Waals surface area (Å²) in [7, 11) is -1.36. The molecule has 0 aromatic heterocycles. The molecule has 0 aliphatic carbocycles. The zero-order valence-electron chi connectivity index (χ0n) is 13.2. The van der Waals surface area contributed by atoms with Gasteiger partial charge in [-0.05, 0) is 0 Å². The van der Waals surface area contributed by atoms with Crippen LogP contribution < -0.4 is 0 Å². The van der Waals surface area contributed by atoms with E-state index in [0.717, 1.165) is 18.8 Å². The van der Waals surface area contributed by atoms with Gasteiger partial charge in [0, 0.05) is 23.2 Å². The smallest absolute Gasteiger partial charge is 0.229 e. The first-order chi connectivity index (χ1) is 10.0. The largest absolute Gasteiger partial charge is 0.229 e. The molecule has 0 N–H and O–H groups in total. The Morgan fingerprint density at radius 1 is 0.522 bits per heavy atom. The summed E-state index contributed by atoms with van der Waals surface area (Å²) in [4.78, 5) is 0. The fraction of sp³-hybridized carbons (Fsp3) is 0.200. The predicted molar refractivity (Wildman–Crippen MR) is 102 cm³/mol. The Labute approximate surface area is 150 Å². The third kappa shape index (κ3) is 62.8. The Bertz CT molecular complexity index is 528. The van der Waals surface area contributed by atoms with Crippen molar-refractivity contribution in [1.29, 1.82) is 0 Å². The molecule has 0 atom stereocenters. The molecule has 2 aromatic carbocycles. The SMILES string of the molecule is CS(=O)(=O)Cl.CS(C)(=O)=O.Cl.c1ccccc1.c1ccccc1. The third-order valence-electron chi connectivity index (χ3n) is 1.33. The molecule has 132 valence electrons. The first-order valence-corrected chi connectivity index (χ1v) is 11.1. The van der Waals surface area contributed by atoms with Gasteiger partial charge in [-0.3, -0.25) is 0 Å². The van der Waals surface area contributed by atoms with Crippen molar-refractivity contribution in [2.75, 3.05) is 18.8 Å². The molecular weight excluding hydrogens is 379 g/mol. The summed E-state index contributed by atoms with van der Waals surface area (Å²) in [6.45, 7) is 0. The van der Waals surface area contributed by atoms with Crippen LogP contribution in [0.5, 0.6) is 0 Å². The maximum Gasteiger partial charge on any atom is 0.229 e. The quantitative estimate of drug-likeness (QED) is 0.632. The van der Waals surface area contributed by atoms with Gasteiger partial charge in [0.2, 0.25) is 9.05 Å². The Morgan fingerprint density at radius 3 is 0.609 bits per heavy atom. The lowest BCUT2D eigenvalue weighted by Crippen LogP contribution is -1.86. The zero-order chi connectivity index (χ0) is 17.5. The van der Waals surface area contributed by atoms with E-state index < -0.39 is 18.9 Å². The highest BCUT2D eigenvalue weighted by atomic mass is 35.7. The van der Waals surface area contributed by atoms with Crippen LogP contribution in [0.1, 0.15) is 0 Å². The van der Waals surface area contributed by atoms with Crippen LogP contribution in [0, 0.1) is 0 Å². The molecule has 0 spiro atoms. The van der Waals surface area contributed by atoms with E-state index in [2.05, 4.69) is 10.7 Å². The molecule has 4 nitrogen and oxygen atoms in total. The molecule has 0 radical (unpaired) electrons. The molecule has 0 aliphatic rings. The van der Waals surface area contributed by atoms with E-state index in [-0.39, 0.29) is 12.4 Å². The number of rotatable bonds is 0. The first-order valence-electron chi connectivity index (χ1n) is 6.05. The third-order valence-corrected chi connectivity index (χ3v) is 1.33. The second-order valence-corrected chi connectivity index (χ2v) is 9.47. The Kier molecular flexibility index (Phi) is 18.4. The van der Waals surface area contributed by atoms with Crippen LogP contribution in [0.3, 0.4) is 0 Å². The molecule has 0 amide bonds. The number of hydrogen-bond acceptors (Lipinski definition) is 4. The highest BCUT2D eigenvalue weighted by Crippen LogP contribution is 1.83. The molecular formula is C15H22Cl2O4S2. The average Bonchev–Trinajstić information content (AvgIpc) is 2.40. The van der Waals surface area contributed by atoms with Crippen LogP contribution in [0.2, 0.25) is 0 Å². The Hall–Kier alpha value is -1.08. The molecule has 0 saturated heterocycles. The molecule has 8 heteroatoms. The van der Waals surface area contributed by atoms with Crippen LogP contribution >= 0.6 is 23.1 Å². The van der Waals surface area contributed by atoms with Gasteiger partial charge in [0.25, 0.3) is 0 Å². The van der Waals surface area contributed by atoms with E-state index in [1.807, 2.05) is 72.8 Å². The topological polar surface area (TPSA) is 68.3 Å². The van der Waals surface area contributed by atoms with Crippen LogP contribution in [-0.4, -0.2) is 35.6 Å². The predicted octanol–water partition coefficient (Wildman–Crippen LogP) is 3.64. The van der Waals surface area contributed by atoms with E-state index in [1.54, 1.807) is 0 Å². The minimum Gasteiger partial charge on any atom is -0.229 e. The number of sulfone groups is 1. The first kappa shape index (κ1) is 26.8. The van der Waals surface area contributed by atoms with Gasteiger partial charge in [-0.25, -0.2) is 16.8 Å². The maximum atomic E-state index is 9.63. The van der Waals surface area contributed by atoms with Crippen molar-refractivity contribution in [1.82, 2.24) is 0 Å². The lowest BCUT2D eigenvalue weighted by molar-refractivity contribution is 0.607. The van der Waals surface area contributed by atoms with Crippen LogP contribution in [0.4, 0.5) is 0 Å². The Balaban J connectivity index is -0.000000230. The van der Waals surface area contributed by atoms with Gasteiger partial charge >= 0.3 is 0 Å². The Morgan fingerprint density at radius 2 is 0.565 bits per heavy atom. The van der Waals surface area contributed by atoms with Gasteiger partial charge in [0.15, 0.2) is 0 Å². The molecule has 0 fully saturated rings. The van der Waals surface area contributed by atoms with Gasteiger partial charge in [0.05, 0.1) is 6.26 Å². The molecule has 23 heavy (non-hydrogen) atoms. The van der Waals surface area contributed by atoms with Crippen molar-refractivity contribution < 1.29 is 16.8 Å². The summed E-state index contributed by atoms with van der Waals surface area (Å²) in [6.07, 6.45) is 3.24. The van der Waals surface area contributed by atoms with Gasteiger partial charge in [-0.15, -0.1) is 12.4 Å². The van der Waals surface area contributed by atoms with E-state index in [9.17, 15) is 16.8 Å². The molecule has 0 heterocycles. The summed E-state index contributed by atoms with van der Waals surface area (Å²) in [5.41, 5.74) is 0. The van der Waals surface area contributed by atoms with Crippen molar-refractivity contribution in [3.8, 4) is 0 Å². The van der Waals surface area contributed by atoms with Crippen molar-refractivity contribution in [3.05, 3.63) is 72.8 Å². The number of hydrogen-bond donors (Lipinski definition) is 0. The lowest BCUT2D eigenvalue weighted by Gasteiger charge is -1.69. The summed E-state index contributed by atoms with van der Waals surface area (Å²) in [6, 6.07) is 24.0. The fourth-order valence-corrected chi connectivity index (χ4v) is 0.770. The number of halogens is 2. The summed E-state index contributed by atoms with van der Waals surface area (Å²) in [5, 5.41) is 0. The van der Waals surface area contributed by atoms with Gasteiger partial charge in [-0.2, -0.15) is 0 Å². The van der Waals surface area contributed by atoms with Gasteiger partial charge in [0.1, 0.15) is 9.84 Å². The maximum absolute atomic E-state index is 9.63. The van der Waals surface area contributed by atoms with Crippen LogP contribution in [-0.2, 0) is 18.9 Å². The molecule has 0 bridgehead atoms. The molecule has 0 aliphatic heterocycles. The molecule has 2 aromatic rings. The number of benzene rings is 2. The molecule has 0 unspecified atom stereocenters. The average molecular weight is 401 g/mol. The van der Waals surface area contributed by atoms with Crippen LogP contribution in [0.15, 0.2) is 72.8 Å². The highest BCUT2D eigenvalue weighted by molar-refractivity contribution is 8.13. The van der Waals surface area contributed by atoms with E-state index >= 15 is 0 Å². The fourth-order valence-electron chi connectivity index (χ4n) is 0.770. The minimum atomic E-state index is -3.19. The van der Waals surface area contributed by atoms with Crippen molar-refractivity contribution >= 4 is 42.0 Å². The summed E-state index contributed by atoms with van der Waals surface area (Å²) >= 11 is 0. The lowest BCUT2D eigenvalue weighted by atomic mass is 10.4. The monoisotopic (exact) mass is 400 g/mol. The van der Waals surface area contributed by atoms with Crippen LogP contribution in [0.25, 0.3) is 0 Å². The van der Waals surface area contributed by atoms with Crippen molar-refractivity contribution in [2.45, 2.75) is 0 Å². The minimum absolute atomic E-state index is 0.